The van der Waals surface area contributed by atoms with Gasteiger partial charge < -0.3 is 5.32 Å². The molecule has 0 bridgehead atoms. The molecule has 1 fully saturated rings. The third-order valence-corrected chi connectivity index (χ3v) is 2.29. The van der Waals surface area contributed by atoms with E-state index in [-0.39, 0.29) is 0 Å². The van der Waals surface area contributed by atoms with Crippen LogP contribution in [0.2, 0.25) is 0 Å². The van der Waals surface area contributed by atoms with E-state index < -0.39 is 0 Å². The van der Waals surface area contributed by atoms with Crippen molar-refractivity contribution in [2.75, 3.05) is 12.3 Å². The second kappa shape index (κ2) is 2.58. The average Bonchev–Trinajstić information content (AvgIpc) is 2.14. The van der Waals surface area contributed by atoms with Crippen LogP contribution in [0.1, 0.15) is 6.92 Å². The van der Waals surface area contributed by atoms with Gasteiger partial charge in [-0.05, 0) is 6.42 Å². The first-order valence-electron chi connectivity index (χ1n) is 2.58. The Morgan fingerprint density at radius 2 is 2.71 bits per heavy atom. The highest BCUT2D eigenvalue weighted by Crippen LogP contribution is 2.14. The van der Waals surface area contributed by atoms with Crippen molar-refractivity contribution in [3.63, 3.8) is 0 Å². The average molecular weight is 116 g/mol. The lowest BCUT2D eigenvalue weighted by Crippen LogP contribution is -2.18. The van der Waals surface area contributed by atoms with Gasteiger partial charge >= 0.3 is 0 Å². The molecule has 1 unspecified atom stereocenters. The Labute approximate surface area is 48.9 Å². The van der Waals surface area contributed by atoms with Crippen LogP contribution in [-0.2, 0) is 0 Å². The summed E-state index contributed by atoms with van der Waals surface area (Å²) in [5.41, 5.74) is 0. The Balaban J connectivity index is 2.14. The first kappa shape index (κ1) is 5.45. The van der Waals surface area contributed by atoms with Crippen LogP contribution in [0.4, 0.5) is 0 Å². The van der Waals surface area contributed by atoms with E-state index in [9.17, 15) is 0 Å². The molecule has 1 aliphatic heterocycles. The van der Waals surface area contributed by atoms with Crippen LogP contribution in [0, 0.1) is 6.42 Å². The van der Waals surface area contributed by atoms with E-state index in [4.69, 9.17) is 0 Å². The Morgan fingerprint density at radius 1 is 1.86 bits per heavy atom. The maximum Gasteiger partial charge on any atom is 0.0562 e. The number of hydrogen-bond donors (Lipinski definition) is 1. The number of rotatable bonds is 1. The van der Waals surface area contributed by atoms with E-state index in [2.05, 4.69) is 18.7 Å². The zero-order chi connectivity index (χ0) is 5.11. The van der Waals surface area contributed by atoms with Crippen LogP contribution >= 0.6 is 11.8 Å². The number of nitrogens with one attached hydrogen (secondary N) is 1. The molecule has 2 heteroatoms. The summed E-state index contributed by atoms with van der Waals surface area (Å²) < 4.78 is 0. The Hall–Kier alpha value is 0.310. The van der Waals surface area contributed by atoms with Crippen molar-refractivity contribution in [1.29, 1.82) is 0 Å². The van der Waals surface area contributed by atoms with Crippen LogP contribution < -0.4 is 5.32 Å². The molecule has 1 radical (unpaired) electrons. The molecule has 41 valence electrons. The first-order valence-corrected chi connectivity index (χ1v) is 3.63. The summed E-state index contributed by atoms with van der Waals surface area (Å²) in [5.74, 6) is 1.27. The van der Waals surface area contributed by atoms with Gasteiger partial charge in [0, 0.05) is 12.3 Å². The third kappa shape index (κ3) is 1.35. The lowest BCUT2D eigenvalue weighted by Gasteiger charge is -2.01. The maximum absolute atomic E-state index is 3.31. The van der Waals surface area contributed by atoms with Crippen LogP contribution in [-0.4, -0.2) is 17.7 Å². The summed E-state index contributed by atoms with van der Waals surface area (Å²) in [6.45, 7) is 3.27. The summed E-state index contributed by atoms with van der Waals surface area (Å²) in [4.78, 5) is 0. The summed E-state index contributed by atoms with van der Waals surface area (Å²) in [6, 6.07) is 0. The molecule has 0 amide bonds. The van der Waals surface area contributed by atoms with Gasteiger partial charge in [0.15, 0.2) is 0 Å². The maximum atomic E-state index is 3.31. The minimum Gasteiger partial charge on any atom is -0.304 e. The fraction of sp³-hybridized carbons (Fsp3) is 0.800. The van der Waals surface area contributed by atoms with Crippen molar-refractivity contribution in [2.45, 2.75) is 12.3 Å². The van der Waals surface area contributed by atoms with Crippen molar-refractivity contribution in [3.05, 3.63) is 6.42 Å². The van der Waals surface area contributed by atoms with E-state index >= 15 is 0 Å². The molecule has 1 N–H and O–H groups in total. The summed E-state index contributed by atoms with van der Waals surface area (Å²) >= 11 is 1.98. The van der Waals surface area contributed by atoms with Crippen molar-refractivity contribution in [2.24, 2.45) is 0 Å². The Morgan fingerprint density at radius 3 is 3.00 bits per heavy atom. The predicted molar refractivity (Wildman–Crippen MR) is 34.2 cm³/mol. The van der Waals surface area contributed by atoms with Gasteiger partial charge in [0.2, 0.25) is 0 Å². The van der Waals surface area contributed by atoms with Crippen LogP contribution in [0.3, 0.4) is 0 Å². The summed E-state index contributed by atoms with van der Waals surface area (Å²) in [5, 5.41) is 3.95. The van der Waals surface area contributed by atoms with Crippen LogP contribution in [0.5, 0.6) is 0 Å². The number of thioether (sulfide) groups is 1. The first-order chi connectivity index (χ1) is 3.43. The fourth-order valence-corrected chi connectivity index (χ4v) is 1.58. The van der Waals surface area contributed by atoms with Gasteiger partial charge in [0.25, 0.3) is 0 Å². The van der Waals surface area contributed by atoms with Crippen LogP contribution in [0.15, 0.2) is 0 Å². The minimum atomic E-state index is 0.639. The predicted octanol–water partition coefficient (Wildman–Crippen LogP) is 0.873. The molecule has 0 spiro atoms. The molecule has 1 saturated heterocycles. The second-order valence-corrected chi connectivity index (χ2v) is 2.83. The minimum absolute atomic E-state index is 0.639. The van der Waals surface area contributed by atoms with Gasteiger partial charge in [0.05, 0.1) is 5.37 Å². The Bertz CT molecular complexity index is 50.0. The lowest BCUT2D eigenvalue weighted by molar-refractivity contribution is 0.773. The summed E-state index contributed by atoms with van der Waals surface area (Å²) in [6.07, 6.45) is 2.19. The monoisotopic (exact) mass is 116 g/mol. The van der Waals surface area contributed by atoms with Crippen molar-refractivity contribution in [3.8, 4) is 0 Å². The molecule has 0 aromatic heterocycles. The van der Waals surface area contributed by atoms with Gasteiger partial charge in [-0.2, -0.15) is 0 Å². The molecule has 0 aromatic rings. The van der Waals surface area contributed by atoms with Gasteiger partial charge in [0.1, 0.15) is 0 Å². The highest BCUT2D eigenvalue weighted by Gasteiger charge is 2.10. The number of hydrogen-bond acceptors (Lipinski definition) is 2. The highest BCUT2D eigenvalue weighted by molar-refractivity contribution is 8.00. The molecule has 1 atom stereocenters. The van der Waals surface area contributed by atoms with Crippen molar-refractivity contribution in [1.82, 2.24) is 5.32 Å². The van der Waals surface area contributed by atoms with Gasteiger partial charge in [-0.25, -0.2) is 0 Å². The van der Waals surface area contributed by atoms with Gasteiger partial charge in [-0.1, -0.05) is 6.92 Å². The Kier molecular flexibility index (Phi) is 2.00. The largest absolute Gasteiger partial charge is 0.304 e. The molecular weight excluding hydrogens is 106 g/mol. The molecule has 0 aliphatic carbocycles. The topological polar surface area (TPSA) is 12.0 Å². The molecule has 0 saturated carbocycles. The van der Waals surface area contributed by atoms with E-state index in [1.54, 1.807) is 0 Å². The SMILES string of the molecule is C[CH]C1NCCS1. The quantitative estimate of drug-likeness (QED) is 0.545. The van der Waals surface area contributed by atoms with Gasteiger partial charge in [-0.15, -0.1) is 11.8 Å². The van der Waals surface area contributed by atoms with E-state index in [0.29, 0.717) is 5.37 Å². The van der Waals surface area contributed by atoms with Crippen molar-refractivity contribution >= 4 is 11.8 Å². The zero-order valence-electron chi connectivity index (χ0n) is 4.48. The molecular formula is C5H10NS. The van der Waals surface area contributed by atoms with E-state index in [1.807, 2.05) is 11.8 Å². The molecule has 1 heterocycles. The van der Waals surface area contributed by atoms with Crippen LogP contribution in [0.25, 0.3) is 0 Å². The molecule has 0 aromatic carbocycles. The third-order valence-electron chi connectivity index (χ3n) is 1.05. The molecule has 1 nitrogen and oxygen atoms in total. The van der Waals surface area contributed by atoms with Gasteiger partial charge in [-0.3, -0.25) is 0 Å². The lowest BCUT2D eigenvalue weighted by atomic mass is 10.5. The normalized spacial score (nSPS) is 31.3. The van der Waals surface area contributed by atoms with Crippen molar-refractivity contribution < 1.29 is 0 Å². The smallest absolute Gasteiger partial charge is 0.0562 e. The molecule has 1 rings (SSSR count). The fourth-order valence-electron chi connectivity index (χ4n) is 0.660. The zero-order valence-corrected chi connectivity index (χ0v) is 5.29. The second-order valence-electron chi connectivity index (χ2n) is 1.58. The van der Waals surface area contributed by atoms with E-state index in [0.717, 1.165) is 0 Å². The van der Waals surface area contributed by atoms with E-state index in [1.165, 1.54) is 12.3 Å². The standard InChI is InChI=1S/C5H10NS/c1-2-5-6-3-4-7-5/h2,5-6H,3-4H2,1H3. The highest BCUT2D eigenvalue weighted by atomic mass is 32.2. The molecule has 1 aliphatic rings. The molecule has 7 heavy (non-hydrogen) atoms. The summed E-state index contributed by atoms with van der Waals surface area (Å²) in [7, 11) is 0.